The van der Waals surface area contributed by atoms with Crippen molar-refractivity contribution in [3.8, 4) is 28.9 Å². The molecule has 0 fully saturated rings. The van der Waals surface area contributed by atoms with E-state index < -0.39 is 0 Å². The van der Waals surface area contributed by atoms with E-state index in [1.54, 1.807) is 6.07 Å². The lowest BCUT2D eigenvalue weighted by molar-refractivity contribution is 0.397. The second-order valence-corrected chi connectivity index (χ2v) is 4.16. The highest BCUT2D eigenvalue weighted by molar-refractivity contribution is 5.72. The first-order valence-corrected chi connectivity index (χ1v) is 6.29. The predicted molar refractivity (Wildman–Crippen MR) is 76.9 cm³/mol. The molecule has 0 bridgehead atoms. The summed E-state index contributed by atoms with van der Waals surface area (Å²) in [7, 11) is 3.38. The van der Waals surface area contributed by atoms with Crippen molar-refractivity contribution < 1.29 is 9.26 Å². The van der Waals surface area contributed by atoms with Crippen LogP contribution in [-0.2, 0) is 0 Å². The monoisotopic (exact) mass is 283 g/mol. The van der Waals surface area contributed by atoms with E-state index in [4.69, 9.17) is 9.26 Å². The average molecular weight is 283 g/mol. The summed E-state index contributed by atoms with van der Waals surface area (Å²) in [4.78, 5) is 12.4. The van der Waals surface area contributed by atoms with Crippen molar-refractivity contribution in [2.24, 2.45) is 0 Å². The molecular weight excluding hydrogens is 270 g/mol. The van der Waals surface area contributed by atoms with Gasteiger partial charge in [-0.3, -0.25) is 0 Å². The minimum atomic E-state index is 0.386. The van der Waals surface area contributed by atoms with E-state index in [0.717, 1.165) is 11.3 Å². The zero-order valence-electron chi connectivity index (χ0n) is 11.6. The molecule has 0 aliphatic heterocycles. The molecule has 0 atom stereocenters. The number of methoxy groups -OCH3 is 1. The van der Waals surface area contributed by atoms with Gasteiger partial charge in [-0.2, -0.15) is 4.98 Å². The van der Waals surface area contributed by atoms with Gasteiger partial charge in [0.15, 0.2) is 0 Å². The van der Waals surface area contributed by atoms with Crippen LogP contribution in [0.4, 0.5) is 5.69 Å². The van der Waals surface area contributed by atoms with Gasteiger partial charge in [-0.25, -0.2) is 9.97 Å². The number of nitrogens with one attached hydrogen (secondary N) is 1. The number of nitrogens with zero attached hydrogens (tertiary/aromatic N) is 4. The number of ether oxygens (including phenoxy) is 1. The van der Waals surface area contributed by atoms with E-state index in [2.05, 4.69) is 25.4 Å². The maximum Gasteiger partial charge on any atom is 0.260 e. The third-order valence-electron chi connectivity index (χ3n) is 2.93. The van der Waals surface area contributed by atoms with Crippen molar-refractivity contribution >= 4 is 5.69 Å². The topological polar surface area (TPSA) is 86.0 Å². The number of hydrogen-bond donors (Lipinski definition) is 1. The molecule has 2 heterocycles. The Labute approximate surface area is 121 Å². The van der Waals surface area contributed by atoms with Crippen molar-refractivity contribution in [1.29, 1.82) is 0 Å². The largest absolute Gasteiger partial charge is 0.481 e. The Kier molecular flexibility index (Phi) is 3.46. The first-order valence-electron chi connectivity index (χ1n) is 6.29. The SMILES string of the molecule is CNc1ccccc1-c1nc(-c2cc(OC)ncn2)no1. The Hall–Kier alpha value is -2.96. The predicted octanol–water partition coefficient (Wildman–Crippen LogP) is 2.24. The van der Waals surface area contributed by atoms with Gasteiger partial charge >= 0.3 is 0 Å². The Morgan fingerprint density at radius 3 is 2.86 bits per heavy atom. The molecule has 0 spiro atoms. The van der Waals surface area contributed by atoms with Crippen molar-refractivity contribution in [1.82, 2.24) is 20.1 Å². The van der Waals surface area contributed by atoms with Gasteiger partial charge < -0.3 is 14.6 Å². The molecule has 106 valence electrons. The lowest BCUT2D eigenvalue weighted by Crippen LogP contribution is -1.93. The lowest BCUT2D eigenvalue weighted by Gasteiger charge is -2.03. The van der Waals surface area contributed by atoms with E-state index in [1.807, 2.05) is 31.3 Å². The first-order chi connectivity index (χ1) is 10.3. The number of rotatable bonds is 4. The second kappa shape index (κ2) is 5.58. The number of aromatic nitrogens is 4. The van der Waals surface area contributed by atoms with Crippen LogP contribution in [0.25, 0.3) is 23.0 Å². The molecule has 0 amide bonds. The third kappa shape index (κ3) is 2.53. The molecule has 1 aromatic carbocycles. The smallest absolute Gasteiger partial charge is 0.260 e. The maximum atomic E-state index is 5.32. The fourth-order valence-electron chi connectivity index (χ4n) is 1.90. The summed E-state index contributed by atoms with van der Waals surface area (Å²) in [5, 5.41) is 7.04. The zero-order valence-corrected chi connectivity index (χ0v) is 11.6. The number of benzene rings is 1. The standard InChI is InChI=1S/C14H13N5O2/c1-15-10-6-4-3-5-9(10)14-18-13(19-21-14)11-7-12(20-2)17-8-16-11/h3-8,15H,1-2H3. The van der Waals surface area contributed by atoms with E-state index in [0.29, 0.717) is 23.3 Å². The second-order valence-electron chi connectivity index (χ2n) is 4.16. The van der Waals surface area contributed by atoms with E-state index in [1.165, 1.54) is 13.4 Å². The first kappa shape index (κ1) is 13.0. The van der Waals surface area contributed by atoms with Crippen molar-refractivity contribution in [3.05, 3.63) is 36.7 Å². The number of para-hydroxylation sites is 1. The summed E-state index contributed by atoms with van der Waals surface area (Å²) in [5.41, 5.74) is 2.28. The Morgan fingerprint density at radius 1 is 1.19 bits per heavy atom. The molecule has 2 aromatic heterocycles. The van der Waals surface area contributed by atoms with E-state index in [9.17, 15) is 0 Å². The van der Waals surface area contributed by atoms with Gasteiger partial charge in [0, 0.05) is 18.8 Å². The van der Waals surface area contributed by atoms with Gasteiger partial charge in [0.2, 0.25) is 11.7 Å². The van der Waals surface area contributed by atoms with Crippen LogP contribution in [0.15, 0.2) is 41.2 Å². The molecule has 0 aliphatic rings. The highest BCUT2D eigenvalue weighted by Gasteiger charge is 2.14. The van der Waals surface area contributed by atoms with Crippen molar-refractivity contribution in [3.63, 3.8) is 0 Å². The summed E-state index contributed by atoms with van der Waals surface area (Å²) in [6, 6.07) is 9.34. The highest BCUT2D eigenvalue weighted by Crippen LogP contribution is 2.27. The van der Waals surface area contributed by atoms with Gasteiger partial charge in [-0.15, -0.1) is 0 Å². The van der Waals surface area contributed by atoms with E-state index >= 15 is 0 Å². The molecule has 21 heavy (non-hydrogen) atoms. The third-order valence-corrected chi connectivity index (χ3v) is 2.93. The Morgan fingerprint density at radius 2 is 2.05 bits per heavy atom. The van der Waals surface area contributed by atoms with Gasteiger partial charge in [-0.05, 0) is 12.1 Å². The van der Waals surface area contributed by atoms with E-state index in [-0.39, 0.29) is 0 Å². The van der Waals surface area contributed by atoms with Gasteiger partial charge in [0.1, 0.15) is 12.0 Å². The Balaban J connectivity index is 1.99. The van der Waals surface area contributed by atoms with Crippen LogP contribution >= 0.6 is 0 Å². The molecule has 7 heteroatoms. The average Bonchev–Trinajstić information content (AvgIpc) is 3.04. The fourth-order valence-corrected chi connectivity index (χ4v) is 1.90. The van der Waals surface area contributed by atoms with Gasteiger partial charge in [-0.1, -0.05) is 17.3 Å². The summed E-state index contributed by atoms with van der Waals surface area (Å²) in [6.45, 7) is 0. The van der Waals surface area contributed by atoms with Gasteiger partial charge in [0.25, 0.3) is 5.89 Å². The zero-order chi connectivity index (χ0) is 14.7. The molecule has 0 unspecified atom stereocenters. The fraction of sp³-hybridized carbons (Fsp3) is 0.143. The minimum absolute atomic E-state index is 0.386. The van der Waals surface area contributed by atoms with Crippen LogP contribution in [0, 0.1) is 0 Å². The van der Waals surface area contributed by atoms with Crippen LogP contribution < -0.4 is 10.1 Å². The van der Waals surface area contributed by atoms with Crippen LogP contribution in [0.5, 0.6) is 5.88 Å². The van der Waals surface area contributed by atoms with Crippen LogP contribution in [0.3, 0.4) is 0 Å². The normalized spacial score (nSPS) is 10.4. The molecule has 0 aliphatic carbocycles. The minimum Gasteiger partial charge on any atom is -0.481 e. The highest BCUT2D eigenvalue weighted by atomic mass is 16.5. The number of hydrogen-bond acceptors (Lipinski definition) is 7. The molecule has 0 saturated heterocycles. The molecule has 7 nitrogen and oxygen atoms in total. The maximum absolute atomic E-state index is 5.32. The van der Waals surface area contributed by atoms with Crippen molar-refractivity contribution in [2.45, 2.75) is 0 Å². The molecule has 0 radical (unpaired) electrons. The Bertz CT molecular complexity index is 756. The van der Waals surface area contributed by atoms with Crippen molar-refractivity contribution in [2.75, 3.05) is 19.5 Å². The molecule has 3 aromatic rings. The van der Waals surface area contributed by atoms with Crippen LogP contribution in [-0.4, -0.2) is 34.3 Å². The summed E-state index contributed by atoms with van der Waals surface area (Å²) in [6.07, 6.45) is 1.39. The lowest BCUT2D eigenvalue weighted by atomic mass is 10.2. The molecular formula is C14H13N5O2. The molecule has 0 saturated carbocycles. The number of anilines is 1. The summed E-state index contributed by atoms with van der Waals surface area (Å²) in [5.74, 6) is 1.26. The van der Waals surface area contributed by atoms with Crippen LogP contribution in [0.2, 0.25) is 0 Å². The quantitative estimate of drug-likeness (QED) is 0.785. The summed E-state index contributed by atoms with van der Waals surface area (Å²) < 4.78 is 10.4. The molecule has 1 N–H and O–H groups in total. The summed E-state index contributed by atoms with van der Waals surface area (Å²) >= 11 is 0. The van der Waals surface area contributed by atoms with Gasteiger partial charge in [0.05, 0.1) is 12.7 Å². The van der Waals surface area contributed by atoms with Crippen LogP contribution in [0.1, 0.15) is 0 Å². The molecule has 3 rings (SSSR count).